The average Bonchev–Trinajstić information content (AvgIpc) is 3.35. The van der Waals surface area contributed by atoms with Gasteiger partial charge in [0.1, 0.15) is 23.4 Å². The van der Waals surface area contributed by atoms with E-state index in [9.17, 15) is 23.5 Å². The zero-order valence-electron chi connectivity index (χ0n) is 17.1. The molecule has 2 fully saturated rings. The van der Waals surface area contributed by atoms with Crippen LogP contribution in [0.25, 0.3) is 0 Å². The lowest BCUT2D eigenvalue weighted by Gasteiger charge is -2.27. The van der Waals surface area contributed by atoms with Crippen molar-refractivity contribution in [1.29, 1.82) is 0 Å². The number of carbonyl (C=O) groups excluding carboxylic acids is 2. The lowest BCUT2D eigenvalue weighted by atomic mass is 9.96. The summed E-state index contributed by atoms with van der Waals surface area (Å²) < 4.78 is 38.0. The van der Waals surface area contributed by atoms with E-state index in [1.165, 1.54) is 70.5 Å². The lowest BCUT2D eigenvalue weighted by molar-refractivity contribution is 0.0309. The second kappa shape index (κ2) is 8.09. The molecule has 0 radical (unpaired) electrons. The summed E-state index contributed by atoms with van der Waals surface area (Å²) in [5.41, 5.74) is 1.48. The summed E-state index contributed by atoms with van der Waals surface area (Å²) in [6, 6.07) is 16.3. The van der Waals surface area contributed by atoms with E-state index in [0.717, 1.165) is 0 Å². The fourth-order valence-electron chi connectivity index (χ4n) is 4.14. The molecule has 7 nitrogen and oxygen atoms in total. The highest BCUT2D eigenvalue weighted by molar-refractivity contribution is 5.92. The first-order valence-corrected chi connectivity index (χ1v) is 10.2. The minimum Gasteiger partial charge on any atom is -0.508 e. The van der Waals surface area contributed by atoms with Crippen molar-refractivity contribution < 1.29 is 33.0 Å². The van der Waals surface area contributed by atoms with Crippen molar-refractivity contribution in [2.45, 2.75) is 18.2 Å². The molecule has 0 unspecified atom stereocenters. The van der Waals surface area contributed by atoms with Gasteiger partial charge in [0, 0.05) is 11.4 Å². The van der Waals surface area contributed by atoms with Gasteiger partial charge in [-0.25, -0.2) is 18.4 Å². The predicted molar refractivity (Wildman–Crippen MR) is 114 cm³/mol. The fourth-order valence-corrected chi connectivity index (χ4v) is 4.14. The van der Waals surface area contributed by atoms with Crippen molar-refractivity contribution >= 4 is 23.6 Å². The molecule has 0 aliphatic carbocycles. The van der Waals surface area contributed by atoms with Gasteiger partial charge in [0.25, 0.3) is 0 Å². The second-order valence-corrected chi connectivity index (χ2v) is 7.74. The van der Waals surface area contributed by atoms with E-state index in [1.807, 2.05) is 0 Å². The smallest absolute Gasteiger partial charge is 0.415 e. The Hall–Kier alpha value is -4.14. The zero-order chi connectivity index (χ0) is 23.1. The molecule has 2 aliphatic heterocycles. The Morgan fingerprint density at radius 1 is 0.758 bits per heavy atom. The molecule has 2 amide bonds. The van der Waals surface area contributed by atoms with Crippen LogP contribution in [0, 0.1) is 11.6 Å². The molecule has 0 saturated carbocycles. The number of halogens is 2. The molecule has 2 heterocycles. The molecule has 3 atom stereocenters. The Morgan fingerprint density at radius 3 is 1.94 bits per heavy atom. The molecule has 3 aromatic carbocycles. The van der Waals surface area contributed by atoms with Gasteiger partial charge >= 0.3 is 12.2 Å². The summed E-state index contributed by atoms with van der Waals surface area (Å²) in [7, 11) is 0. The van der Waals surface area contributed by atoms with Crippen molar-refractivity contribution in [3.8, 4) is 5.75 Å². The van der Waals surface area contributed by atoms with Gasteiger partial charge in [-0.2, -0.15) is 0 Å². The third kappa shape index (κ3) is 3.82. The standard InChI is InChI=1S/C24H18F2N2O5/c25-15-3-7-17(8-4-15)27-13-20(32-23(27)30)22-21(14-1-11-19(29)12-2-14)28(24(31)33-22)18-9-5-16(26)6-10-18/h1-12,20-22,29H,13H2/t20-,21-,22-/m1/s1. The van der Waals surface area contributed by atoms with E-state index in [4.69, 9.17) is 9.47 Å². The number of phenols is 1. The SMILES string of the molecule is O=C1O[C@@H]([C@H]2OC(=O)N(c3ccc(F)cc3)[C@@H]2c2ccc(O)cc2)CN1c1ccc(F)cc1. The molecular weight excluding hydrogens is 434 g/mol. The monoisotopic (exact) mass is 452 g/mol. The van der Waals surface area contributed by atoms with Crippen LogP contribution >= 0.6 is 0 Å². The molecule has 3 aromatic rings. The number of hydrogen-bond donors (Lipinski definition) is 1. The van der Waals surface area contributed by atoms with Gasteiger partial charge in [-0.05, 0) is 66.2 Å². The molecular formula is C24H18F2N2O5. The third-order valence-electron chi connectivity index (χ3n) is 5.70. The largest absolute Gasteiger partial charge is 0.508 e. The highest BCUT2D eigenvalue weighted by atomic mass is 19.1. The van der Waals surface area contributed by atoms with Gasteiger partial charge in [0.05, 0.1) is 6.54 Å². The van der Waals surface area contributed by atoms with Crippen molar-refractivity contribution in [2.75, 3.05) is 16.3 Å². The van der Waals surface area contributed by atoms with Crippen LogP contribution in [0.3, 0.4) is 0 Å². The molecule has 2 saturated heterocycles. The summed E-state index contributed by atoms with van der Waals surface area (Å²) in [5, 5.41) is 9.70. The van der Waals surface area contributed by atoms with Crippen LogP contribution in [-0.4, -0.2) is 36.0 Å². The third-order valence-corrected chi connectivity index (χ3v) is 5.70. The van der Waals surface area contributed by atoms with E-state index in [2.05, 4.69) is 0 Å². The summed E-state index contributed by atoms with van der Waals surface area (Å²) in [6.45, 7) is 0.0776. The van der Waals surface area contributed by atoms with Crippen molar-refractivity contribution in [1.82, 2.24) is 0 Å². The number of benzene rings is 3. The summed E-state index contributed by atoms with van der Waals surface area (Å²) >= 11 is 0. The number of nitrogens with zero attached hydrogens (tertiary/aromatic N) is 2. The number of anilines is 2. The number of phenolic OH excluding ortho intramolecular Hbond substituents is 1. The first-order valence-electron chi connectivity index (χ1n) is 10.2. The minimum absolute atomic E-state index is 0.0450. The molecule has 2 aliphatic rings. The predicted octanol–water partition coefficient (Wildman–Crippen LogP) is 4.76. The first kappa shape index (κ1) is 20.7. The first-order chi connectivity index (χ1) is 15.9. The van der Waals surface area contributed by atoms with Gasteiger partial charge in [-0.15, -0.1) is 0 Å². The summed E-state index contributed by atoms with van der Waals surface area (Å²) in [4.78, 5) is 28.2. The topological polar surface area (TPSA) is 79.3 Å². The fraction of sp³-hybridized carbons (Fsp3) is 0.167. The normalized spacial score (nSPS) is 22.4. The van der Waals surface area contributed by atoms with E-state index in [-0.39, 0.29) is 12.3 Å². The number of aromatic hydroxyl groups is 1. The number of rotatable bonds is 4. The molecule has 0 bridgehead atoms. The average molecular weight is 452 g/mol. The molecule has 0 aromatic heterocycles. The molecule has 9 heteroatoms. The Labute approximate surface area is 187 Å². The van der Waals surface area contributed by atoms with Crippen molar-refractivity contribution in [3.05, 3.63) is 90.0 Å². The Kier molecular flexibility index (Phi) is 5.08. The second-order valence-electron chi connectivity index (χ2n) is 7.74. The van der Waals surface area contributed by atoms with Crippen LogP contribution in [0.15, 0.2) is 72.8 Å². The number of cyclic esters (lactones) is 2. The van der Waals surface area contributed by atoms with Gasteiger partial charge in [0.15, 0.2) is 12.2 Å². The maximum Gasteiger partial charge on any atom is 0.415 e. The quantitative estimate of drug-likeness (QED) is 0.617. The molecule has 0 spiro atoms. The molecule has 5 rings (SSSR count). The zero-order valence-corrected chi connectivity index (χ0v) is 17.1. The lowest BCUT2D eigenvalue weighted by Crippen LogP contribution is -2.37. The maximum absolute atomic E-state index is 13.5. The van der Waals surface area contributed by atoms with Crippen LogP contribution in [0.1, 0.15) is 11.6 Å². The number of ether oxygens (including phenoxy) is 2. The van der Waals surface area contributed by atoms with Gasteiger partial charge in [0.2, 0.25) is 0 Å². The van der Waals surface area contributed by atoms with Gasteiger partial charge < -0.3 is 14.6 Å². The van der Waals surface area contributed by atoms with Gasteiger partial charge in [-0.1, -0.05) is 12.1 Å². The highest BCUT2D eigenvalue weighted by Crippen LogP contribution is 2.41. The maximum atomic E-state index is 13.5. The summed E-state index contributed by atoms with van der Waals surface area (Å²) in [5.74, 6) is -0.845. The Morgan fingerprint density at radius 2 is 1.33 bits per heavy atom. The Balaban J connectivity index is 1.49. The van der Waals surface area contributed by atoms with E-state index in [0.29, 0.717) is 16.9 Å². The highest BCUT2D eigenvalue weighted by Gasteiger charge is 2.51. The number of amides is 2. The van der Waals surface area contributed by atoms with Gasteiger partial charge in [-0.3, -0.25) is 9.80 Å². The van der Waals surface area contributed by atoms with E-state index in [1.54, 1.807) is 12.1 Å². The van der Waals surface area contributed by atoms with Crippen molar-refractivity contribution in [2.24, 2.45) is 0 Å². The van der Waals surface area contributed by atoms with E-state index < -0.39 is 42.1 Å². The minimum atomic E-state index is -0.888. The Bertz CT molecular complexity index is 1180. The van der Waals surface area contributed by atoms with Crippen LogP contribution < -0.4 is 9.80 Å². The summed E-state index contributed by atoms with van der Waals surface area (Å²) in [6.07, 6.45) is -3.04. The van der Waals surface area contributed by atoms with E-state index >= 15 is 0 Å². The van der Waals surface area contributed by atoms with Crippen LogP contribution in [0.2, 0.25) is 0 Å². The molecule has 168 valence electrons. The van der Waals surface area contributed by atoms with Crippen LogP contribution in [0.4, 0.5) is 29.7 Å². The number of hydrogen-bond acceptors (Lipinski definition) is 5. The molecule has 33 heavy (non-hydrogen) atoms. The van der Waals surface area contributed by atoms with Crippen molar-refractivity contribution in [3.63, 3.8) is 0 Å². The molecule has 1 N–H and O–H groups in total. The van der Waals surface area contributed by atoms with Crippen LogP contribution in [0.5, 0.6) is 5.75 Å². The number of carbonyl (C=O) groups is 2. The van der Waals surface area contributed by atoms with Crippen LogP contribution in [-0.2, 0) is 9.47 Å².